The fourth-order valence-corrected chi connectivity index (χ4v) is 6.57. The number of amides is 1. The van der Waals surface area contributed by atoms with E-state index in [0.29, 0.717) is 29.9 Å². The molecule has 2 aromatic heterocycles. The second kappa shape index (κ2) is 10.3. The second-order valence-corrected chi connectivity index (χ2v) is 11.5. The van der Waals surface area contributed by atoms with Gasteiger partial charge in [0, 0.05) is 45.4 Å². The van der Waals surface area contributed by atoms with Crippen LogP contribution in [0.2, 0.25) is 0 Å². The fraction of sp³-hybridized carbons (Fsp3) is 0.419. The van der Waals surface area contributed by atoms with Gasteiger partial charge in [0.05, 0.1) is 12.7 Å². The van der Waals surface area contributed by atoms with Crippen molar-refractivity contribution in [1.82, 2.24) is 15.3 Å². The maximum Gasteiger partial charge on any atom is 0.324 e. The van der Waals surface area contributed by atoms with Crippen LogP contribution in [-0.2, 0) is 11.3 Å². The third-order valence-corrected chi connectivity index (χ3v) is 8.72. The molecule has 3 aliphatic rings. The average Bonchev–Trinajstić information content (AvgIpc) is 3.45. The van der Waals surface area contributed by atoms with Crippen LogP contribution in [0.1, 0.15) is 77.3 Å². The SMILES string of the molecule is Cc1cccc(C)c1-c1noc(C2CC2)c1COC1CC2CCC(C1)N2c1nc(-c2cccc(C(=O)N=O)c2)no1. The summed E-state index contributed by atoms with van der Waals surface area (Å²) in [6.45, 7) is 4.72. The number of ether oxygens (including phenoxy) is 1. The smallest absolute Gasteiger partial charge is 0.324 e. The summed E-state index contributed by atoms with van der Waals surface area (Å²) in [5.74, 6) is 0.971. The number of anilines is 1. The van der Waals surface area contributed by atoms with E-state index in [-0.39, 0.29) is 23.8 Å². The number of piperidine rings is 1. The van der Waals surface area contributed by atoms with Gasteiger partial charge in [-0.25, -0.2) is 0 Å². The van der Waals surface area contributed by atoms with Gasteiger partial charge in [-0.1, -0.05) is 40.6 Å². The number of nitrogens with zero attached hydrogens (tertiary/aromatic N) is 5. The summed E-state index contributed by atoms with van der Waals surface area (Å²) in [7, 11) is 0. The van der Waals surface area contributed by atoms with Crippen molar-refractivity contribution in [3.63, 3.8) is 0 Å². The van der Waals surface area contributed by atoms with Crippen LogP contribution in [0.15, 0.2) is 56.7 Å². The Bertz CT molecular complexity index is 1590. The molecular formula is C31H31N5O5. The number of carbonyl (C=O) groups is 1. The van der Waals surface area contributed by atoms with Gasteiger partial charge in [0.1, 0.15) is 11.5 Å². The number of fused-ring (bicyclic) bond motifs is 2. The van der Waals surface area contributed by atoms with E-state index in [1.807, 2.05) is 0 Å². The average molecular weight is 554 g/mol. The molecule has 4 heterocycles. The monoisotopic (exact) mass is 553 g/mol. The molecule has 210 valence electrons. The van der Waals surface area contributed by atoms with Crippen molar-refractivity contribution in [3.05, 3.63) is 75.4 Å². The Morgan fingerprint density at radius 1 is 1.00 bits per heavy atom. The van der Waals surface area contributed by atoms with Crippen molar-refractivity contribution in [1.29, 1.82) is 0 Å². The lowest BCUT2D eigenvalue weighted by molar-refractivity contribution is 0.0138. The molecule has 7 rings (SSSR count). The summed E-state index contributed by atoms with van der Waals surface area (Å²) >= 11 is 0. The Hall–Kier alpha value is -4.18. The molecule has 0 spiro atoms. The van der Waals surface area contributed by atoms with Gasteiger partial charge in [-0.3, -0.25) is 4.79 Å². The number of aryl methyl sites for hydroxylation is 2. The third-order valence-electron chi connectivity index (χ3n) is 8.72. The predicted molar refractivity (Wildman–Crippen MR) is 150 cm³/mol. The maximum atomic E-state index is 11.7. The maximum absolute atomic E-state index is 11.7. The quantitative estimate of drug-likeness (QED) is 0.225. The molecule has 10 nitrogen and oxygen atoms in total. The Morgan fingerprint density at radius 3 is 2.44 bits per heavy atom. The van der Waals surface area contributed by atoms with E-state index in [9.17, 15) is 9.70 Å². The van der Waals surface area contributed by atoms with Gasteiger partial charge >= 0.3 is 11.9 Å². The lowest BCUT2D eigenvalue weighted by Gasteiger charge is -2.37. The molecule has 3 fully saturated rings. The van der Waals surface area contributed by atoms with Crippen LogP contribution in [0, 0.1) is 18.8 Å². The van der Waals surface area contributed by atoms with Gasteiger partial charge < -0.3 is 18.7 Å². The van der Waals surface area contributed by atoms with E-state index in [4.69, 9.17) is 13.8 Å². The zero-order chi connectivity index (χ0) is 28.1. The zero-order valence-corrected chi connectivity index (χ0v) is 23.1. The van der Waals surface area contributed by atoms with Crippen molar-refractivity contribution in [3.8, 4) is 22.6 Å². The molecule has 2 bridgehead atoms. The van der Waals surface area contributed by atoms with Crippen molar-refractivity contribution < 1.29 is 18.6 Å². The highest BCUT2D eigenvalue weighted by atomic mass is 16.5. The van der Waals surface area contributed by atoms with Gasteiger partial charge in [0.2, 0.25) is 5.82 Å². The summed E-state index contributed by atoms with van der Waals surface area (Å²) in [4.78, 5) is 29.3. The topological polar surface area (TPSA) is 124 Å². The number of carbonyl (C=O) groups excluding carboxylic acids is 1. The van der Waals surface area contributed by atoms with Crippen LogP contribution in [0.5, 0.6) is 0 Å². The molecule has 1 saturated carbocycles. The van der Waals surface area contributed by atoms with E-state index in [0.717, 1.165) is 61.1 Å². The number of hydrogen-bond donors (Lipinski definition) is 0. The van der Waals surface area contributed by atoms with Gasteiger partial charge in [-0.2, -0.15) is 4.98 Å². The van der Waals surface area contributed by atoms with Crippen LogP contribution >= 0.6 is 0 Å². The van der Waals surface area contributed by atoms with Crippen LogP contribution in [0.3, 0.4) is 0 Å². The standard InChI is InChI=1S/C31H31N5O5/c1-17-5-3-6-18(2)26(17)27-25(28(40-34-27)19-9-10-19)16-39-24-14-22-11-12-23(15-24)36(22)31-32-29(35-41-31)20-7-4-8-21(13-20)30(37)33-38/h3-8,13,19,22-24H,9-12,14-16H2,1-2H3. The van der Waals surface area contributed by atoms with Crippen molar-refractivity contribution in [2.45, 2.75) is 83.1 Å². The van der Waals surface area contributed by atoms with Crippen LogP contribution < -0.4 is 4.90 Å². The molecule has 1 amide bonds. The predicted octanol–water partition coefficient (Wildman–Crippen LogP) is 6.51. The minimum atomic E-state index is -0.827. The van der Waals surface area contributed by atoms with Crippen LogP contribution in [-0.4, -0.2) is 39.4 Å². The molecule has 0 radical (unpaired) electrons. The Labute approximate surface area is 237 Å². The Kier molecular flexibility index (Phi) is 6.50. The van der Waals surface area contributed by atoms with Crippen molar-refractivity contribution in [2.75, 3.05) is 4.90 Å². The molecule has 4 aromatic rings. The van der Waals surface area contributed by atoms with Gasteiger partial charge in [-0.05, 0) is 75.6 Å². The molecule has 2 unspecified atom stereocenters. The van der Waals surface area contributed by atoms with E-state index in [1.165, 1.54) is 17.2 Å². The van der Waals surface area contributed by atoms with Gasteiger partial charge in [-0.15, -0.1) is 4.91 Å². The number of aromatic nitrogens is 3. The number of hydrogen-bond acceptors (Lipinski definition) is 9. The van der Waals surface area contributed by atoms with Gasteiger partial charge in [0.25, 0.3) is 0 Å². The molecule has 41 heavy (non-hydrogen) atoms. The molecule has 10 heteroatoms. The largest absolute Gasteiger partial charge is 0.373 e. The summed E-state index contributed by atoms with van der Waals surface area (Å²) in [6, 6.07) is 13.8. The summed E-state index contributed by atoms with van der Waals surface area (Å²) in [5, 5.41) is 11.2. The van der Waals surface area contributed by atoms with Crippen LogP contribution in [0.4, 0.5) is 6.01 Å². The highest BCUT2D eigenvalue weighted by molar-refractivity contribution is 5.95. The van der Waals surface area contributed by atoms with E-state index in [1.54, 1.807) is 18.2 Å². The van der Waals surface area contributed by atoms with Crippen molar-refractivity contribution in [2.24, 2.45) is 5.18 Å². The molecular weight excluding hydrogens is 522 g/mol. The second-order valence-electron chi connectivity index (χ2n) is 11.5. The molecule has 1 aliphatic carbocycles. The first-order valence-electron chi connectivity index (χ1n) is 14.3. The lowest BCUT2D eigenvalue weighted by atomic mass is 9.96. The Morgan fingerprint density at radius 2 is 1.73 bits per heavy atom. The molecule has 0 N–H and O–H groups in total. The Balaban J connectivity index is 1.07. The normalized spacial score (nSPS) is 21.8. The zero-order valence-electron chi connectivity index (χ0n) is 23.1. The fourth-order valence-electron chi connectivity index (χ4n) is 6.57. The first kappa shape index (κ1) is 25.8. The first-order chi connectivity index (χ1) is 20.0. The van der Waals surface area contributed by atoms with Crippen LogP contribution in [0.25, 0.3) is 22.6 Å². The van der Waals surface area contributed by atoms with E-state index < -0.39 is 5.91 Å². The van der Waals surface area contributed by atoms with E-state index in [2.05, 4.69) is 57.4 Å². The molecule has 2 aromatic carbocycles. The highest BCUT2D eigenvalue weighted by Crippen LogP contribution is 2.46. The van der Waals surface area contributed by atoms with E-state index >= 15 is 0 Å². The highest BCUT2D eigenvalue weighted by Gasteiger charge is 2.44. The number of nitroso groups, excluding NO2 is 1. The van der Waals surface area contributed by atoms with Crippen molar-refractivity contribution >= 4 is 11.9 Å². The summed E-state index contributed by atoms with van der Waals surface area (Å²) < 4.78 is 18.2. The molecule has 2 aliphatic heterocycles. The first-order valence-corrected chi connectivity index (χ1v) is 14.3. The summed E-state index contributed by atoms with van der Waals surface area (Å²) in [5.41, 5.74) is 6.31. The lowest BCUT2D eigenvalue weighted by Crippen LogP contribution is -2.45. The third kappa shape index (κ3) is 4.76. The minimum Gasteiger partial charge on any atom is -0.373 e. The van der Waals surface area contributed by atoms with Gasteiger partial charge in [0.15, 0.2) is 0 Å². The summed E-state index contributed by atoms with van der Waals surface area (Å²) in [6.07, 6.45) is 6.18. The minimum absolute atomic E-state index is 0.109. The molecule has 2 saturated heterocycles. The number of benzene rings is 2. The molecule has 2 atom stereocenters. The number of rotatable bonds is 8.